The second kappa shape index (κ2) is 9.35. The average molecular weight is 495 g/mol. The molecule has 0 bridgehead atoms. The molecule has 2 aliphatic rings. The summed E-state index contributed by atoms with van der Waals surface area (Å²) in [7, 11) is 0. The van der Waals surface area contributed by atoms with Crippen molar-refractivity contribution in [2.75, 3.05) is 31.1 Å². The van der Waals surface area contributed by atoms with Crippen molar-refractivity contribution in [2.45, 2.75) is 50.7 Å². The monoisotopic (exact) mass is 494 g/mol. The average Bonchev–Trinajstić information content (AvgIpc) is 3.35. The normalized spacial score (nSPS) is 18.4. The summed E-state index contributed by atoms with van der Waals surface area (Å²) in [4.78, 5) is 9.55. The van der Waals surface area contributed by atoms with E-state index in [9.17, 15) is 13.2 Å². The van der Waals surface area contributed by atoms with Gasteiger partial charge >= 0.3 is 6.18 Å². The Hall–Kier alpha value is -3.20. The fourth-order valence-corrected chi connectivity index (χ4v) is 5.63. The van der Waals surface area contributed by atoms with Gasteiger partial charge in [0, 0.05) is 44.0 Å². The number of rotatable bonds is 4. The van der Waals surface area contributed by atoms with Gasteiger partial charge < -0.3 is 4.90 Å². The Kier molecular flexibility index (Phi) is 6.03. The first-order valence-corrected chi connectivity index (χ1v) is 12.7. The molecule has 0 unspecified atom stereocenters. The highest BCUT2D eigenvalue weighted by atomic mass is 19.4. The smallest absolute Gasteiger partial charge is 0.339 e. The third kappa shape index (κ3) is 4.40. The topological polar surface area (TPSA) is 49.6 Å². The highest BCUT2D eigenvalue weighted by molar-refractivity contribution is 5.92. The number of halogens is 3. The molecule has 1 aliphatic heterocycles. The van der Waals surface area contributed by atoms with E-state index in [1.54, 1.807) is 6.07 Å². The van der Waals surface area contributed by atoms with Crippen LogP contribution in [0.25, 0.3) is 16.6 Å². The Labute approximate surface area is 207 Å². The van der Waals surface area contributed by atoms with Crippen molar-refractivity contribution in [1.82, 2.24) is 24.5 Å². The zero-order valence-corrected chi connectivity index (χ0v) is 20.1. The number of alkyl halides is 3. The van der Waals surface area contributed by atoms with Gasteiger partial charge in [0.2, 0.25) is 5.95 Å². The summed E-state index contributed by atoms with van der Waals surface area (Å²) in [6.07, 6.45) is 1.62. The number of benzene rings is 2. The van der Waals surface area contributed by atoms with Crippen molar-refractivity contribution < 1.29 is 13.2 Å². The van der Waals surface area contributed by atoms with E-state index >= 15 is 0 Å². The quantitative estimate of drug-likeness (QED) is 0.366. The third-order valence-corrected chi connectivity index (χ3v) is 7.54. The minimum atomic E-state index is -4.32. The Balaban J connectivity index is 1.27. The summed E-state index contributed by atoms with van der Waals surface area (Å²) in [5, 5.41) is 10.3. The first kappa shape index (κ1) is 23.2. The molecule has 1 saturated heterocycles. The predicted octanol–water partition coefficient (Wildman–Crippen LogP) is 5.67. The molecule has 9 heteroatoms. The summed E-state index contributed by atoms with van der Waals surface area (Å²) in [6.45, 7) is 3.46. The van der Waals surface area contributed by atoms with E-state index in [1.807, 2.05) is 24.3 Å². The molecule has 0 spiro atoms. The van der Waals surface area contributed by atoms with E-state index in [4.69, 9.17) is 4.98 Å². The highest BCUT2D eigenvalue weighted by Gasteiger charge is 2.31. The maximum Gasteiger partial charge on any atom is 0.416 e. The van der Waals surface area contributed by atoms with Gasteiger partial charge in [0.15, 0.2) is 5.65 Å². The van der Waals surface area contributed by atoms with Gasteiger partial charge in [-0.3, -0.25) is 4.90 Å². The van der Waals surface area contributed by atoms with E-state index in [0.29, 0.717) is 18.0 Å². The highest BCUT2D eigenvalue weighted by Crippen LogP contribution is 2.35. The Bertz CT molecular complexity index is 1370. The van der Waals surface area contributed by atoms with Crippen molar-refractivity contribution in [3.8, 4) is 0 Å². The third-order valence-electron chi connectivity index (χ3n) is 7.54. The Morgan fingerprint density at radius 3 is 2.42 bits per heavy atom. The SMILES string of the molecule is FC(F)(F)c1cccc(CN2CCN(c3nc4ccccc4c4nnc(C5CCCCC5)n34)CC2)c1. The summed E-state index contributed by atoms with van der Waals surface area (Å²) in [5.74, 6) is 2.26. The molecule has 1 saturated carbocycles. The van der Waals surface area contributed by atoms with Gasteiger partial charge in [-0.05, 0) is 36.6 Å². The fourth-order valence-electron chi connectivity index (χ4n) is 5.63. The van der Waals surface area contributed by atoms with Crippen molar-refractivity contribution in [2.24, 2.45) is 0 Å². The molecule has 0 atom stereocenters. The van der Waals surface area contributed by atoms with E-state index in [1.165, 1.54) is 31.4 Å². The molecule has 0 radical (unpaired) electrons. The molecule has 0 amide bonds. The number of anilines is 1. The second-order valence-electron chi connectivity index (χ2n) is 9.94. The molecule has 1 aliphatic carbocycles. The lowest BCUT2D eigenvalue weighted by Gasteiger charge is -2.36. The van der Waals surface area contributed by atoms with Crippen LogP contribution in [0.4, 0.5) is 19.1 Å². The summed E-state index contributed by atoms with van der Waals surface area (Å²) >= 11 is 0. The minimum absolute atomic E-state index is 0.387. The van der Waals surface area contributed by atoms with Gasteiger partial charge in [0.25, 0.3) is 0 Å². The predicted molar refractivity (Wildman–Crippen MR) is 133 cm³/mol. The van der Waals surface area contributed by atoms with Crippen LogP contribution in [0.2, 0.25) is 0 Å². The maximum absolute atomic E-state index is 13.1. The number of hydrogen-bond acceptors (Lipinski definition) is 5. The van der Waals surface area contributed by atoms with Gasteiger partial charge in [-0.2, -0.15) is 13.2 Å². The molecule has 2 aromatic heterocycles. The summed E-state index contributed by atoms with van der Waals surface area (Å²) < 4.78 is 41.5. The molecule has 0 N–H and O–H groups in total. The van der Waals surface area contributed by atoms with Crippen molar-refractivity contribution in [3.05, 3.63) is 65.5 Å². The van der Waals surface area contributed by atoms with Crippen molar-refractivity contribution >= 4 is 22.5 Å². The summed E-state index contributed by atoms with van der Waals surface area (Å²) in [6, 6.07) is 13.7. The first-order valence-electron chi connectivity index (χ1n) is 12.7. The maximum atomic E-state index is 13.1. The Morgan fingerprint density at radius 2 is 1.64 bits per heavy atom. The van der Waals surface area contributed by atoms with E-state index in [0.717, 1.165) is 73.4 Å². The molecule has 6 nitrogen and oxygen atoms in total. The lowest BCUT2D eigenvalue weighted by Crippen LogP contribution is -2.47. The van der Waals surface area contributed by atoms with Crippen molar-refractivity contribution in [1.29, 1.82) is 0 Å². The molecule has 2 aromatic carbocycles. The van der Waals surface area contributed by atoms with Crippen LogP contribution in [0.3, 0.4) is 0 Å². The van der Waals surface area contributed by atoms with Crippen LogP contribution in [0.1, 0.15) is 55.0 Å². The number of piperazine rings is 1. The number of nitrogens with zero attached hydrogens (tertiary/aromatic N) is 6. The zero-order valence-electron chi connectivity index (χ0n) is 20.1. The van der Waals surface area contributed by atoms with E-state index in [2.05, 4.69) is 24.4 Å². The number of fused-ring (bicyclic) bond motifs is 3. The van der Waals surface area contributed by atoms with Crippen LogP contribution < -0.4 is 4.90 Å². The van der Waals surface area contributed by atoms with E-state index in [-0.39, 0.29) is 0 Å². The standard InChI is InChI=1S/C27H29F3N6/c28-27(29,30)21-10-6-7-19(17-21)18-34-13-15-35(16-14-34)26-31-23-12-5-4-11-22(23)25-33-32-24(36(25)26)20-8-2-1-3-9-20/h4-7,10-12,17,20H,1-3,8-9,13-16,18H2. The van der Waals surface area contributed by atoms with Crippen LogP contribution in [0, 0.1) is 0 Å². The molecule has 36 heavy (non-hydrogen) atoms. The molecule has 6 rings (SSSR count). The lowest BCUT2D eigenvalue weighted by molar-refractivity contribution is -0.137. The Morgan fingerprint density at radius 1 is 0.861 bits per heavy atom. The molecular weight excluding hydrogens is 465 g/mol. The van der Waals surface area contributed by atoms with Gasteiger partial charge in [0.1, 0.15) is 5.82 Å². The van der Waals surface area contributed by atoms with Gasteiger partial charge in [-0.25, -0.2) is 9.38 Å². The number of hydrogen-bond donors (Lipinski definition) is 0. The number of aromatic nitrogens is 4. The largest absolute Gasteiger partial charge is 0.416 e. The van der Waals surface area contributed by atoms with E-state index < -0.39 is 11.7 Å². The fraction of sp³-hybridized carbons (Fsp3) is 0.444. The summed E-state index contributed by atoms with van der Waals surface area (Å²) in [5.41, 5.74) is 1.84. The second-order valence-corrected chi connectivity index (χ2v) is 9.94. The first-order chi connectivity index (χ1) is 17.5. The minimum Gasteiger partial charge on any atom is -0.339 e. The zero-order chi connectivity index (χ0) is 24.7. The molecule has 188 valence electrons. The molecular formula is C27H29F3N6. The van der Waals surface area contributed by atoms with Crippen LogP contribution >= 0.6 is 0 Å². The van der Waals surface area contributed by atoms with Gasteiger partial charge in [-0.1, -0.05) is 49.6 Å². The number of para-hydroxylation sites is 1. The molecule has 2 fully saturated rings. The van der Waals surface area contributed by atoms with Crippen molar-refractivity contribution in [3.63, 3.8) is 0 Å². The van der Waals surface area contributed by atoms with Crippen LogP contribution in [-0.2, 0) is 12.7 Å². The molecule has 3 heterocycles. The van der Waals surface area contributed by atoms with Crippen LogP contribution in [-0.4, -0.2) is 50.7 Å². The lowest BCUT2D eigenvalue weighted by atomic mass is 9.89. The van der Waals surface area contributed by atoms with Crippen LogP contribution in [0.15, 0.2) is 48.5 Å². The van der Waals surface area contributed by atoms with Crippen LogP contribution in [0.5, 0.6) is 0 Å². The molecule has 4 aromatic rings. The van der Waals surface area contributed by atoms with Gasteiger partial charge in [-0.15, -0.1) is 10.2 Å². The van der Waals surface area contributed by atoms with Gasteiger partial charge in [0.05, 0.1) is 11.1 Å².